The lowest BCUT2D eigenvalue weighted by molar-refractivity contribution is 0.392. The van der Waals surface area contributed by atoms with Gasteiger partial charge in [-0.25, -0.2) is 14.7 Å². The zero-order chi connectivity index (χ0) is 20.2. The number of benzene rings is 1. The number of phenolic OH excluding ortho intramolecular Hbond substituents is 1. The zero-order valence-electron chi connectivity index (χ0n) is 17.9. The Morgan fingerprint density at radius 3 is 2.87 bits per heavy atom. The predicted octanol–water partition coefficient (Wildman–Crippen LogP) is 3.11. The summed E-state index contributed by atoms with van der Waals surface area (Å²) in [6, 6.07) is 4.17. The number of rotatable bonds is 5. The van der Waals surface area contributed by atoms with Crippen LogP contribution in [-0.4, -0.2) is 38.4 Å². The van der Waals surface area contributed by atoms with E-state index < -0.39 is 0 Å². The minimum atomic E-state index is 0. The Kier molecular flexibility index (Phi) is 7.96. The van der Waals surface area contributed by atoms with Gasteiger partial charge in [0.25, 0.3) is 0 Å². The molecule has 4 rings (SSSR count). The van der Waals surface area contributed by atoms with Crippen LogP contribution in [0.3, 0.4) is 0 Å². The number of aromatic hydroxyl groups is 1. The normalized spacial score (nSPS) is 18.2. The molecule has 1 atom stereocenters. The molecule has 2 heterocycles. The molecule has 1 aliphatic carbocycles. The van der Waals surface area contributed by atoms with Gasteiger partial charge < -0.3 is 15.7 Å². The van der Waals surface area contributed by atoms with Gasteiger partial charge >= 0.3 is 0 Å². The van der Waals surface area contributed by atoms with E-state index in [9.17, 15) is 5.11 Å². The maximum absolute atomic E-state index is 10.4. The first-order chi connectivity index (χ1) is 14.2. The fourth-order valence-electron chi connectivity index (χ4n) is 4.37. The molecule has 0 bridgehead atoms. The van der Waals surface area contributed by atoms with Gasteiger partial charge in [0.15, 0.2) is 11.8 Å². The Hall–Kier alpha value is -1.84. The Bertz CT molecular complexity index is 894. The molecule has 0 amide bonds. The van der Waals surface area contributed by atoms with E-state index in [0.717, 1.165) is 68.4 Å². The number of aliphatic imine (C=N–C) groups is 1. The van der Waals surface area contributed by atoms with Crippen molar-refractivity contribution < 1.29 is 5.11 Å². The molecule has 0 saturated heterocycles. The maximum atomic E-state index is 10.4. The van der Waals surface area contributed by atoms with Gasteiger partial charge in [0.2, 0.25) is 0 Å². The van der Waals surface area contributed by atoms with Gasteiger partial charge in [0.1, 0.15) is 11.6 Å². The second kappa shape index (κ2) is 10.5. The van der Waals surface area contributed by atoms with Crippen molar-refractivity contribution in [1.82, 2.24) is 25.4 Å². The third kappa shape index (κ3) is 5.07. The Labute approximate surface area is 195 Å². The predicted molar refractivity (Wildman–Crippen MR) is 130 cm³/mol. The lowest BCUT2D eigenvalue weighted by Crippen LogP contribution is -2.47. The molecule has 7 nitrogen and oxygen atoms in total. The van der Waals surface area contributed by atoms with Gasteiger partial charge in [0, 0.05) is 31.0 Å². The van der Waals surface area contributed by atoms with Crippen molar-refractivity contribution in [2.45, 2.75) is 77.9 Å². The summed E-state index contributed by atoms with van der Waals surface area (Å²) in [6.07, 6.45) is 7.37. The fourth-order valence-corrected chi connectivity index (χ4v) is 4.37. The molecule has 0 saturated carbocycles. The fraction of sp³-hybridized carbons (Fsp3) is 0.591. The average molecular weight is 524 g/mol. The molecule has 1 unspecified atom stereocenters. The van der Waals surface area contributed by atoms with E-state index in [-0.39, 0.29) is 30.0 Å². The average Bonchev–Trinajstić information content (AvgIpc) is 3.15. The molecule has 0 spiro atoms. The van der Waals surface area contributed by atoms with Crippen molar-refractivity contribution in [2.24, 2.45) is 4.99 Å². The zero-order valence-corrected chi connectivity index (χ0v) is 20.3. The summed E-state index contributed by atoms with van der Waals surface area (Å²) in [5.41, 5.74) is 3.65. The van der Waals surface area contributed by atoms with Crippen molar-refractivity contribution in [3.8, 4) is 5.75 Å². The number of phenols is 1. The highest BCUT2D eigenvalue weighted by Crippen LogP contribution is 2.31. The van der Waals surface area contributed by atoms with E-state index in [1.54, 1.807) is 0 Å². The first-order valence-electron chi connectivity index (χ1n) is 11.0. The van der Waals surface area contributed by atoms with Crippen LogP contribution < -0.4 is 10.6 Å². The molecule has 8 heteroatoms. The molecule has 2 aromatic rings. The molecule has 30 heavy (non-hydrogen) atoms. The summed E-state index contributed by atoms with van der Waals surface area (Å²) in [6.45, 7) is 6.25. The molecule has 1 aliphatic heterocycles. The van der Waals surface area contributed by atoms with Gasteiger partial charge in [-0.15, -0.1) is 24.0 Å². The number of nitrogens with one attached hydrogen (secondary N) is 2. The Morgan fingerprint density at radius 1 is 1.23 bits per heavy atom. The first kappa shape index (κ1) is 22.8. The molecule has 164 valence electrons. The van der Waals surface area contributed by atoms with Crippen molar-refractivity contribution >= 4 is 29.9 Å². The van der Waals surface area contributed by atoms with Crippen LogP contribution >= 0.6 is 24.0 Å². The Balaban J connectivity index is 0.00000256. The van der Waals surface area contributed by atoms with Crippen LogP contribution in [0.2, 0.25) is 0 Å². The van der Waals surface area contributed by atoms with Gasteiger partial charge in [-0.2, -0.15) is 5.10 Å². The number of guanidine groups is 1. The summed E-state index contributed by atoms with van der Waals surface area (Å²) in [4.78, 5) is 9.41. The van der Waals surface area contributed by atoms with Crippen LogP contribution in [0.4, 0.5) is 0 Å². The summed E-state index contributed by atoms with van der Waals surface area (Å²) in [7, 11) is 0. The van der Waals surface area contributed by atoms with E-state index in [0.29, 0.717) is 12.3 Å². The smallest absolute Gasteiger partial charge is 0.191 e. The van der Waals surface area contributed by atoms with Gasteiger partial charge in [0.05, 0.1) is 13.1 Å². The maximum Gasteiger partial charge on any atom is 0.191 e. The van der Waals surface area contributed by atoms with E-state index in [2.05, 4.69) is 40.6 Å². The monoisotopic (exact) mass is 524 g/mol. The minimum Gasteiger partial charge on any atom is -0.508 e. The topological polar surface area (TPSA) is 87.4 Å². The summed E-state index contributed by atoms with van der Waals surface area (Å²) in [5, 5.41) is 22.0. The van der Waals surface area contributed by atoms with E-state index in [1.807, 2.05) is 10.7 Å². The van der Waals surface area contributed by atoms with Crippen molar-refractivity contribution in [3.63, 3.8) is 0 Å². The molecule has 3 N–H and O–H groups in total. The summed E-state index contributed by atoms with van der Waals surface area (Å²) >= 11 is 0. The molecular weight excluding hydrogens is 491 g/mol. The van der Waals surface area contributed by atoms with Gasteiger partial charge in [-0.3, -0.25) is 0 Å². The molecule has 1 aromatic carbocycles. The molecule has 0 fully saturated rings. The number of hydrogen-bond donors (Lipinski definition) is 3. The summed E-state index contributed by atoms with van der Waals surface area (Å²) < 4.78 is 2.03. The molecule has 1 aromatic heterocycles. The second-order valence-electron chi connectivity index (χ2n) is 7.96. The lowest BCUT2D eigenvalue weighted by atomic mass is 9.88. The van der Waals surface area contributed by atoms with Crippen LogP contribution in [0.5, 0.6) is 5.75 Å². The standard InChI is InChI=1S/C22H32N6O.HI/c1-3-20-26-21-12-10-16(14-28(21)27-20)25-22(23-4-2)24-13-18-17-8-6-5-7-15(17)9-11-19(18)29;/h9,11,16,29H,3-8,10,12-14H2,1-2H3,(H2,23,24,25);1H. The molecule has 0 radical (unpaired) electrons. The third-order valence-corrected chi connectivity index (χ3v) is 5.92. The third-order valence-electron chi connectivity index (χ3n) is 5.92. The van der Waals surface area contributed by atoms with Gasteiger partial charge in [-0.05, 0) is 56.2 Å². The van der Waals surface area contributed by atoms with Crippen LogP contribution in [-0.2, 0) is 38.8 Å². The lowest BCUT2D eigenvalue weighted by Gasteiger charge is -2.25. The highest BCUT2D eigenvalue weighted by Gasteiger charge is 2.22. The van der Waals surface area contributed by atoms with Gasteiger partial charge in [-0.1, -0.05) is 13.0 Å². The van der Waals surface area contributed by atoms with E-state index in [4.69, 9.17) is 4.99 Å². The van der Waals surface area contributed by atoms with Crippen LogP contribution in [0.15, 0.2) is 17.1 Å². The van der Waals surface area contributed by atoms with Crippen molar-refractivity contribution in [2.75, 3.05) is 6.54 Å². The first-order valence-corrected chi connectivity index (χ1v) is 11.0. The second-order valence-corrected chi connectivity index (χ2v) is 7.96. The number of hydrogen-bond acceptors (Lipinski definition) is 4. The highest BCUT2D eigenvalue weighted by molar-refractivity contribution is 14.0. The van der Waals surface area contributed by atoms with Crippen molar-refractivity contribution in [1.29, 1.82) is 0 Å². The van der Waals surface area contributed by atoms with Crippen LogP contribution in [0.25, 0.3) is 0 Å². The van der Waals surface area contributed by atoms with Crippen LogP contribution in [0, 0.1) is 0 Å². The number of fused-ring (bicyclic) bond motifs is 2. The molecule has 2 aliphatic rings. The molecular formula is C22H33IN6O. The quantitative estimate of drug-likeness (QED) is 0.318. The number of aryl methyl sites for hydroxylation is 3. The number of aromatic nitrogens is 3. The number of nitrogens with zero attached hydrogens (tertiary/aromatic N) is 4. The summed E-state index contributed by atoms with van der Waals surface area (Å²) in [5.74, 6) is 3.17. The minimum absolute atomic E-state index is 0. The SMILES string of the molecule is CCNC(=NCc1c(O)ccc2c1CCCC2)NC1CCc2nc(CC)nn2C1.I. The largest absolute Gasteiger partial charge is 0.508 e. The van der Waals surface area contributed by atoms with E-state index >= 15 is 0 Å². The van der Waals surface area contributed by atoms with E-state index in [1.165, 1.54) is 24.0 Å². The number of halogens is 1. The highest BCUT2D eigenvalue weighted by atomic mass is 127. The van der Waals surface area contributed by atoms with Crippen molar-refractivity contribution in [3.05, 3.63) is 40.5 Å². The Morgan fingerprint density at radius 2 is 2.07 bits per heavy atom. The van der Waals surface area contributed by atoms with Crippen LogP contribution in [0.1, 0.15) is 61.4 Å².